The van der Waals surface area contributed by atoms with Crippen molar-refractivity contribution in [2.75, 3.05) is 0 Å². The van der Waals surface area contributed by atoms with Gasteiger partial charge in [-0.1, -0.05) is 20.3 Å². The molecule has 0 aromatic carbocycles. The van der Waals surface area contributed by atoms with Gasteiger partial charge in [-0.15, -0.1) is 11.8 Å². The molecule has 0 radical (unpaired) electrons. The first-order valence-corrected chi connectivity index (χ1v) is 6.78. The van der Waals surface area contributed by atoms with Gasteiger partial charge in [-0.25, -0.2) is 0 Å². The van der Waals surface area contributed by atoms with Crippen LogP contribution < -0.4 is 5.73 Å². The normalized spacial score (nSPS) is 29.2. The number of aromatic nitrogens is 2. The van der Waals surface area contributed by atoms with Crippen LogP contribution in [0.25, 0.3) is 0 Å². The van der Waals surface area contributed by atoms with E-state index in [0.717, 1.165) is 0 Å². The molecule has 90 valence electrons. The van der Waals surface area contributed by atoms with Crippen molar-refractivity contribution in [2.45, 2.75) is 49.3 Å². The van der Waals surface area contributed by atoms with Gasteiger partial charge in [0.15, 0.2) is 0 Å². The summed E-state index contributed by atoms with van der Waals surface area (Å²) in [5.41, 5.74) is 6.64. The van der Waals surface area contributed by atoms with E-state index in [0.29, 0.717) is 5.25 Å². The molecule has 1 aromatic heterocycles. The predicted molar refractivity (Wildman–Crippen MR) is 68.5 cm³/mol. The lowest BCUT2D eigenvalue weighted by atomic mass is 9.73. The molecular weight excluding hydrogens is 218 g/mol. The van der Waals surface area contributed by atoms with Crippen molar-refractivity contribution in [3.05, 3.63) is 12.4 Å². The van der Waals surface area contributed by atoms with E-state index in [9.17, 15) is 0 Å². The van der Waals surface area contributed by atoms with Crippen LogP contribution in [0.15, 0.2) is 17.3 Å². The van der Waals surface area contributed by atoms with Crippen LogP contribution in [0.3, 0.4) is 0 Å². The lowest BCUT2D eigenvalue weighted by Gasteiger charge is -2.41. The number of nitrogens with zero attached hydrogens (tertiary/aromatic N) is 2. The van der Waals surface area contributed by atoms with Gasteiger partial charge in [-0.2, -0.15) is 5.10 Å². The third-order valence-electron chi connectivity index (χ3n) is 3.58. The molecular formula is C12H21N3S. The topological polar surface area (TPSA) is 43.8 Å². The average molecular weight is 239 g/mol. The monoisotopic (exact) mass is 239 g/mol. The minimum atomic E-state index is 0.276. The quantitative estimate of drug-likeness (QED) is 0.862. The Labute approximate surface area is 102 Å². The fourth-order valence-corrected chi connectivity index (χ4v) is 3.85. The smallest absolute Gasteiger partial charge is 0.0625 e. The van der Waals surface area contributed by atoms with E-state index in [1.54, 1.807) is 0 Å². The van der Waals surface area contributed by atoms with E-state index in [-0.39, 0.29) is 11.5 Å². The number of hydrogen-bond donors (Lipinski definition) is 1. The molecule has 0 spiro atoms. The third kappa shape index (κ3) is 2.43. The van der Waals surface area contributed by atoms with Crippen LogP contribution in [0.4, 0.5) is 0 Å². The van der Waals surface area contributed by atoms with Gasteiger partial charge in [0.2, 0.25) is 0 Å². The molecule has 4 heteroatoms. The highest BCUT2D eigenvalue weighted by atomic mass is 32.2. The number of thioether (sulfide) groups is 1. The van der Waals surface area contributed by atoms with E-state index in [4.69, 9.17) is 5.73 Å². The first-order valence-electron chi connectivity index (χ1n) is 5.90. The van der Waals surface area contributed by atoms with Gasteiger partial charge >= 0.3 is 0 Å². The Kier molecular flexibility index (Phi) is 3.31. The molecule has 16 heavy (non-hydrogen) atoms. The summed E-state index contributed by atoms with van der Waals surface area (Å²) in [4.78, 5) is 1.24. The Morgan fingerprint density at radius 3 is 2.94 bits per heavy atom. The number of hydrogen-bond acceptors (Lipinski definition) is 3. The fourth-order valence-electron chi connectivity index (χ4n) is 2.37. The van der Waals surface area contributed by atoms with Gasteiger partial charge in [0.1, 0.15) is 0 Å². The van der Waals surface area contributed by atoms with Crippen LogP contribution in [0.2, 0.25) is 0 Å². The summed E-state index contributed by atoms with van der Waals surface area (Å²) >= 11 is 1.89. The molecule has 1 saturated carbocycles. The van der Waals surface area contributed by atoms with E-state index in [1.165, 1.54) is 24.2 Å². The maximum atomic E-state index is 6.36. The number of aryl methyl sites for hydroxylation is 1. The molecule has 2 atom stereocenters. The highest BCUT2D eigenvalue weighted by Gasteiger charge is 2.36. The largest absolute Gasteiger partial charge is 0.326 e. The molecule has 1 aliphatic rings. The lowest BCUT2D eigenvalue weighted by molar-refractivity contribution is 0.208. The highest BCUT2D eigenvalue weighted by molar-refractivity contribution is 8.00. The maximum absolute atomic E-state index is 6.36. The Hall–Kier alpha value is -0.480. The molecule has 2 unspecified atom stereocenters. The zero-order valence-corrected chi connectivity index (χ0v) is 11.1. The highest BCUT2D eigenvalue weighted by Crippen LogP contribution is 2.41. The van der Waals surface area contributed by atoms with Crippen LogP contribution in [-0.2, 0) is 7.05 Å². The maximum Gasteiger partial charge on any atom is 0.0625 e. The molecule has 2 N–H and O–H groups in total. The van der Waals surface area contributed by atoms with Crippen molar-refractivity contribution >= 4 is 11.8 Å². The summed E-state index contributed by atoms with van der Waals surface area (Å²) in [6, 6.07) is 0.284. The summed E-state index contributed by atoms with van der Waals surface area (Å²) < 4.78 is 1.85. The lowest BCUT2D eigenvalue weighted by Crippen LogP contribution is -2.48. The fraction of sp³-hybridized carbons (Fsp3) is 0.750. The Morgan fingerprint density at radius 2 is 2.31 bits per heavy atom. The van der Waals surface area contributed by atoms with Crippen LogP contribution >= 0.6 is 11.8 Å². The molecule has 0 aliphatic heterocycles. The van der Waals surface area contributed by atoms with E-state index < -0.39 is 0 Å². The predicted octanol–water partition coefficient (Wildman–Crippen LogP) is 2.42. The molecule has 0 saturated heterocycles. The van der Waals surface area contributed by atoms with Crippen molar-refractivity contribution in [2.24, 2.45) is 18.2 Å². The molecule has 2 rings (SSSR count). The summed E-state index contributed by atoms with van der Waals surface area (Å²) in [6.45, 7) is 4.57. The van der Waals surface area contributed by atoms with Crippen LogP contribution in [0.1, 0.15) is 33.1 Å². The Bertz CT molecular complexity index is 359. The second-order valence-electron chi connectivity index (χ2n) is 5.41. The van der Waals surface area contributed by atoms with E-state index >= 15 is 0 Å². The molecule has 1 aliphatic carbocycles. The van der Waals surface area contributed by atoms with Gasteiger partial charge in [0.05, 0.1) is 6.20 Å². The van der Waals surface area contributed by atoms with Gasteiger partial charge in [-0.05, 0) is 18.3 Å². The number of rotatable bonds is 2. The first-order chi connectivity index (χ1) is 7.49. The standard InChI is InChI=1S/C12H21N3S/c1-12(2)6-4-5-10(11(12)13)16-9-7-14-15(3)8-9/h7-8,10-11H,4-6,13H2,1-3H3. The molecule has 1 fully saturated rings. The first kappa shape index (κ1) is 12.0. The van der Waals surface area contributed by atoms with Crippen molar-refractivity contribution in [1.82, 2.24) is 9.78 Å². The summed E-state index contributed by atoms with van der Waals surface area (Å²) in [7, 11) is 1.95. The summed E-state index contributed by atoms with van der Waals surface area (Å²) in [6.07, 6.45) is 7.76. The Morgan fingerprint density at radius 1 is 1.56 bits per heavy atom. The van der Waals surface area contributed by atoms with E-state index in [2.05, 4.69) is 25.1 Å². The van der Waals surface area contributed by atoms with Crippen molar-refractivity contribution in [3.8, 4) is 0 Å². The van der Waals surface area contributed by atoms with Crippen molar-refractivity contribution in [3.63, 3.8) is 0 Å². The Balaban J connectivity index is 2.04. The minimum Gasteiger partial charge on any atom is -0.326 e. The summed E-state index contributed by atoms with van der Waals surface area (Å²) in [5, 5.41) is 4.73. The van der Waals surface area contributed by atoms with Crippen molar-refractivity contribution < 1.29 is 0 Å². The van der Waals surface area contributed by atoms with Gasteiger partial charge < -0.3 is 5.73 Å². The third-order valence-corrected chi connectivity index (χ3v) is 4.90. The van der Waals surface area contributed by atoms with Gasteiger partial charge in [-0.3, -0.25) is 4.68 Å². The minimum absolute atomic E-state index is 0.276. The molecule has 1 aromatic rings. The second kappa shape index (κ2) is 4.41. The van der Waals surface area contributed by atoms with Crippen LogP contribution in [-0.4, -0.2) is 21.1 Å². The zero-order valence-electron chi connectivity index (χ0n) is 10.3. The van der Waals surface area contributed by atoms with Gasteiger partial charge in [0, 0.05) is 29.4 Å². The van der Waals surface area contributed by atoms with Crippen LogP contribution in [0.5, 0.6) is 0 Å². The number of nitrogens with two attached hydrogens (primary N) is 1. The SMILES string of the molecule is Cn1cc(SC2CCCC(C)(C)C2N)cn1. The van der Waals surface area contributed by atoms with Crippen LogP contribution in [0, 0.1) is 5.41 Å². The zero-order chi connectivity index (χ0) is 11.8. The molecule has 3 nitrogen and oxygen atoms in total. The van der Waals surface area contributed by atoms with Crippen molar-refractivity contribution in [1.29, 1.82) is 0 Å². The molecule has 0 bridgehead atoms. The molecule has 0 amide bonds. The summed E-state index contributed by atoms with van der Waals surface area (Å²) in [5.74, 6) is 0. The molecule has 1 heterocycles. The average Bonchev–Trinajstić information content (AvgIpc) is 2.59. The second-order valence-corrected chi connectivity index (χ2v) is 6.73. The van der Waals surface area contributed by atoms with Gasteiger partial charge in [0.25, 0.3) is 0 Å². The van der Waals surface area contributed by atoms with E-state index in [1.807, 2.05) is 29.7 Å².